The fourth-order valence-corrected chi connectivity index (χ4v) is 3.15. The zero-order chi connectivity index (χ0) is 17.3. The summed E-state index contributed by atoms with van der Waals surface area (Å²) in [4.78, 5) is 11.2. The van der Waals surface area contributed by atoms with Crippen LogP contribution in [-0.2, 0) is 6.42 Å². The molecule has 1 atom stereocenters. The molecule has 3 rings (SSSR count). The van der Waals surface area contributed by atoms with Gasteiger partial charge in [-0.1, -0.05) is 6.07 Å². The summed E-state index contributed by atoms with van der Waals surface area (Å²) in [6.07, 6.45) is 0.867. The Morgan fingerprint density at radius 2 is 1.96 bits per heavy atom. The Kier molecular flexibility index (Phi) is 4.57. The number of anilines is 2. The fourth-order valence-electron chi connectivity index (χ4n) is 3.15. The molecule has 2 heterocycles. The second-order valence-corrected chi connectivity index (χ2v) is 6.13. The number of benzene rings is 1. The van der Waals surface area contributed by atoms with Crippen molar-refractivity contribution in [3.05, 3.63) is 29.3 Å². The number of aromatic nitrogens is 2. The molecule has 0 fully saturated rings. The van der Waals surface area contributed by atoms with E-state index >= 15 is 0 Å². The minimum absolute atomic E-state index is 0.0296. The van der Waals surface area contributed by atoms with Gasteiger partial charge in [-0.3, -0.25) is 0 Å². The fraction of sp³-hybridized carbons (Fsp3) is 0.444. The van der Waals surface area contributed by atoms with Crippen LogP contribution in [0.1, 0.15) is 25.0 Å². The second-order valence-electron chi connectivity index (χ2n) is 6.13. The molecule has 1 aliphatic heterocycles. The van der Waals surface area contributed by atoms with Gasteiger partial charge in [0.15, 0.2) is 0 Å². The topological polar surface area (TPSA) is 90.3 Å². The minimum Gasteiger partial charge on any atom is -0.488 e. The molecule has 6 heteroatoms. The highest BCUT2D eigenvalue weighted by Crippen LogP contribution is 2.39. The summed E-state index contributed by atoms with van der Waals surface area (Å²) >= 11 is 0. The van der Waals surface area contributed by atoms with Crippen molar-refractivity contribution in [2.45, 2.75) is 33.3 Å². The molecule has 0 saturated heterocycles. The van der Waals surface area contributed by atoms with Crippen molar-refractivity contribution < 1.29 is 4.74 Å². The van der Waals surface area contributed by atoms with E-state index in [9.17, 15) is 0 Å². The minimum atomic E-state index is 0.0296. The van der Waals surface area contributed by atoms with Crippen LogP contribution in [0.15, 0.2) is 18.2 Å². The summed E-state index contributed by atoms with van der Waals surface area (Å²) in [5, 5.41) is 0. The van der Waals surface area contributed by atoms with Crippen LogP contribution in [-0.4, -0.2) is 35.7 Å². The molecule has 0 aliphatic carbocycles. The molecule has 6 nitrogen and oxygen atoms in total. The van der Waals surface area contributed by atoms with Gasteiger partial charge in [0, 0.05) is 37.7 Å². The van der Waals surface area contributed by atoms with Crippen molar-refractivity contribution >= 4 is 11.8 Å². The Morgan fingerprint density at radius 1 is 1.21 bits per heavy atom. The van der Waals surface area contributed by atoms with E-state index in [1.54, 1.807) is 6.07 Å². The van der Waals surface area contributed by atoms with Gasteiger partial charge in [-0.2, -0.15) is 4.98 Å². The number of rotatable bonds is 5. The first-order chi connectivity index (χ1) is 11.5. The maximum atomic E-state index is 6.05. The summed E-state index contributed by atoms with van der Waals surface area (Å²) in [5.41, 5.74) is 15.9. The number of fused-ring (bicyclic) bond motifs is 1. The molecule has 2 aromatic rings. The molecule has 24 heavy (non-hydrogen) atoms. The van der Waals surface area contributed by atoms with E-state index in [-0.39, 0.29) is 6.10 Å². The second kappa shape index (κ2) is 6.65. The van der Waals surface area contributed by atoms with E-state index in [1.807, 2.05) is 0 Å². The molecule has 0 radical (unpaired) electrons. The van der Waals surface area contributed by atoms with Gasteiger partial charge in [-0.15, -0.1) is 0 Å². The van der Waals surface area contributed by atoms with Crippen molar-refractivity contribution in [1.82, 2.24) is 9.97 Å². The van der Waals surface area contributed by atoms with Gasteiger partial charge < -0.3 is 21.1 Å². The van der Waals surface area contributed by atoms with Crippen LogP contribution in [0.3, 0.4) is 0 Å². The number of nitrogens with two attached hydrogens (primary N) is 2. The first-order valence-corrected chi connectivity index (χ1v) is 8.45. The quantitative estimate of drug-likeness (QED) is 0.874. The number of hydrogen-bond donors (Lipinski definition) is 2. The predicted octanol–water partition coefficient (Wildman–Crippen LogP) is 2.14. The lowest BCUT2D eigenvalue weighted by atomic mass is 10.0. The van der Waals surface area contributed by atoms with Gasteiger partial charge in [0.05, 0.1) is 5.69 Å². The largest absolute Gasteiger partial charge is 0.488 e. The third kappa shape index (κ3) is 3.01. The summed E-state index contributed by atoms with van der Waals surface area (Å²) in [6, 6.07) is 6.05. The molecule has 4 N–H and O–H groups in total. The smallest absolute Gasteiger partial charge is 0.227 e. The van der Waals surface area contributed by atoms with E-state index in [1.165, 1.54) is 11.1 Å². The Hall–Kier alpha value is -2.34. The van der Waals surface area contributed by atoms with E-state index < -0.39 is 0 Å². The third-order valence-corrected chi connectivity index (χ3v) is 4.36. The third-order valence-electron chi connectivity index (χ3n) is 4.36. The molecule has 0 unspecified atom stereocenters. The average molecular weight is 327 g/mol. The molecule has 0 amide bonds. The molecule has 0 saturated carbocycles. The lowest BCUT2D eigenvalue weighted by Crippen LogP contribution is -2.25. The molecular weight excluding hydrogens is 302 g/mol. The monoisotopic (exact) mass is 327 g/mol. The van der Waals surface area contributed by atoms with Crippen molar-refractivity contribution in [1.29, 1.82) is 0 Å². The van der Waals surface area contributed by atoms with Crippen LogP contribution in [0, 0.1) is 6.92 Å². The van der Waals surface area contributed by atoms with Crippen molar-refractivity contribution in [3.63, 3.8) is 0 Å². The highest BCUT2D eigenvalue weighted by molar-refractivity contribution is 5.73. The van der Waals surface area contributed by atoms with Gasteiger partial charge in [-0.05, 0) is 38.0 Å². The average Bonchev–Trinajstić information content (AvgIpc) is 2.97. The van der Waals surface area contributed by atoms with Crippen LogP contribution in [0.25, 0.3) is 11.3 Å². The Morgan fingerprint density at radius 3 is 2.62 bits per heavy atom. The van der Waals surface area contributed by atoms with Crippen LogP contribution in [0.4, 0.5) is 11.8 Å². The van der Waals surface area contributed by atoms with Gasteiger partial charge >= 0.3 is 0 Å². The van der Waals surface area contributed by atoms with Crippen LogP contribution in [0.2, 0.25) is 0 Å². The van der Waals surface area contributed by atoms with Gasteiger partial charge in [0.25, 0.3) is 0 Å². The normalized spacial score (nSPS) is 15.9. The lowest BCUT2D eigenvalue weighted by molar-refractivity contribution is 0.242. The Bertz CT molecular complexity index is 742. The van der Waals surface area contributed by atoms with Gasteiger partial charge in [0.1, 0.15) is 17.7 Å². The van der Waals surface area contributed by atoms with Crippen molar-refractivity contribution in [3.8, 4) is 17.0 Å². The van der Waals surface area contributed by atoms with E-state index in [0.717, 1.165) is 36.5 Å². The molecule has 1 aliphatic rings. The summed E-state index contributed by atoms with van der Waals surface area (Å²) in [7, 11) is 0. The number of nitrogen functional groups attached to an aromatic ring is 1. The number of nitrogens with zero attached hydrogens (tertiary/aromatic N) is 3. The first kappa shape index (κ1) is 16.5. The lowest BCUT2D eigenvalue weighted by Gasteiger charge is -2.20. The maximum absolute atomic E-state index is 6.05. The van der Waals surface area contributed by atoms with Crippen LogP contribution in [0.5, 0.6) is 5.75 Å². The standard InChI is InChI=1S/C18H25N5O/c1-4-23(5-2)18-21-15(9-16(20)22-18)14-7-11(3)6-12-8-13(10-19)24-17(12)14/h6-7,9,13H,4-5,8,10,19H2,1-3H3,(H2,20,21,22)/t13-/m1/s1. The molecule has 0 spiro atoms. The molecular formula is C18H25N5O. The highest BCUT2D eigenvalue weighted by Gasteiger charge is 2.26. The zero-order valence-corrected chi connectivity index (χ0v) is 14.5. The Labute approximate surface area is 142 Å². The zero-order valence-electron chi connectivity index (χ0n) is 14.5. The van der Waals surface area contributed by atoms with Gasteiger partial charge in [0.2, 0.25) is 5.95 Å². The number of aryl methyl sites for hydroxylation is 1. The summed E-state index contributed by atoms with van der Waals surface area (Å²) < 4.78 is 6.05. The van der Waals surface area contributed by atoms with Crippen LogP contribution >= 0.6 is 0 Å². The SMILES string of the molecule is CCN(CC)c1nc(N)cc(-c2cc(C)cc3c2O[C@@H](CN)C3)n1. The maximum Gasteiger partial charge on any atom is 0.227 e. The number of hydrogen-bond acceptors (Lipinski definition) is 6. The molecule has 0 bridgehead atoms. The van der Waals surface area contributed by atoms with E-state index in [2.05, 4.69) is 42.8 Å². The van der Waals surface area contributed by atoms with Crippen molar-refractivity contribution in [2.24, 2.45) is 5.73 Å². The van der Waals surface area contributed by atoms with E-state index in [4.69, 9.17) is 21.2 Å². The molecule has 128 valence electrons. The predicted molar refractivity (Wildman–Crippen MR) is 97.4 cm³/mol. The summed E-state index contributed by atoms with van der Waals surface area (Å²) in [6.45, 7) is 8.40. The molecule has 1 aromatic heterocycles. The Balaban J connectivity index is 2.10. The number of ether oxygens (including phenoxy) is 1. The highest BCUT2D eigenvalue weighted by atomic mass is 16.5. The van der Waals surface area contributed by atoms with Gasteiger partial charge in [-0.25, -0.2) is 4.98 Å². The van der Waals surface area contributed by atoms with Crippen molar-refractivity contribution in [2.75, 3.05) is 30.3 Å². The summed E-state index contributed by atoms with van der Waals surface area (Å²) in [5.74, 6) is 1.99. The van der Waals surface area contributed by atoms with E-state index in [0.29, 0.717) is 18.3 Å². The molecule has 1 aromatic carbocycles. The first-order valence-electron chi connectivity index (χ1n) is 8.45. The van der Waals surface area contributed by atoms with Crippen LogP contribution < -0.4 is 21.1 Å².